The summed E-state index contributed by atoms with van der Waals surface area (Å²) < 4.78 is 39.1. The largest absolute Gasteiger partial charge is 0.497 e. The summed E-state index contributed by atoms with van der Waals surface area (Å²) in [6.07, 6.45) is 3.55. The zero-order chi connectivity index (χ0) is 24.6. The normalized spacial score (nSPS) is 11.0. The lowest BCUT2D eigenvalue weighted by Gasteiger charge is -2.13. The van der Waals surface area contributed by atoms with E-state index >= 15 is 0 Å². The molecule has 0 saturated heterocycles. The average Bonchev–Trinajstić information content (AvgIpc) is 2.83. The van der Waals surface area contributed by atoms with E-state index in [1.54, 1.807) is 49.5 Å². The lowest BCUT2D eigenvalue weighted by Crippen LogP contribution is -2.25. The van der Waals surface area contributed by atoms with Crippen LogP contribution in [0.4, 0.5) is 5.69 Å². The minimum Gasteiger partial charge on any atom is -0.497 e. The summed E-state index contributed by atoms with van der Waals surface area (Å²) in [4.78, 5) is 17.2. The molecule has 3 rings (SSSR count). The molecule has 1 heterocycles. The van der Waals surface area contributed by atoms with E-state index in [9.17, 15) is 13.2 Å². The zero-order valence-electron chi connectivity index (χ0n) is 19.5. The molecule has 0 radical (unpaired) electrons. The first-order valence-electron chi connectivity index (χ1n) is 11.0. The van der Waals surface area contributed by atoms with Crippen molar-refractivity contribution in [2.45, 2.75) is 38.1 Å². The Balaban J connectivity index is 1.73. The summed E-state index contributed by atoms with van der Waals surface area (Å²) in [6.45, 7) is 4.58. The molecule has 9 heteroatoms. The molecule has 0 aliphatic rings. The highest BCUT2D eigenvalue weighted by molar-refractivity contribution is 7.92. The highest BCUT2D eigenvalue weighted by Gasteiger charge is 2.19. The Morgan fingerprint density at radius 1 is 1.09 bits per heavy atom. The second-order valence-corrected chi connectivity index (χ2v) is 9.35. The van der Waals surface area contributed by atoms with E-state index < -0.39 is 10.0 Å². The summed E-state index contributed by atoms with van der Waals surface area (Å²) in [5.74, 6) is 0.708. The number of aryl methyl sites for hydroxylation is 1. The standard InChI is InChI=1S/C25H29N3O5S/c1-4-5-15-33-25-19(7-6-14-26-25)17-27-24(29)23-16-22(13-8-18(23)2)34(30,31)28-20-9-11-21(32-3)12-10-20/h6-14,16,28H,4-5,15,17H2,1-3H3,(H,27,29). The van der Waals surface area contributed by atoms with Gasteiger partial charge in [0.25, 0.3) is 15.9 Å². The monoisotopic (exact) mass is 483 g/mol. The number of amides is 1. The third-order valence-corrected chi connectivity index (χ3v) is 6.51. The SMILES string of the molecule is CCCCOc1ncccc1CNC(=O)c1cc(S(=O)(=O)Nc2ccc(OC)cc2)ccc1C. The van der Waals surface area contributed by atoms with Crippen LogP contribution in [0.15, 0.2) is 65.7 Å². The van der Waals surface area contributed by atoms with Crippen molar-refractivity contribution in [3.63, 3.8) is 0 Å². The van der Waals surface area contributed by atoms with Crippen LogP contribution in [-0.2, 0) is 16.6 Å². The fourth-order valence-corrected chi connectivity index (χ4v) is 4.24. The number of benzene rings is 2. The molecule has 0 aliphatic carbocycles. The number of unbranched alkanes of at least 4 members (excludes halogenated alkanes) is 1. The topological polar surface area (TPSA) is 107 Å². The summed E-state index contributed by atoms with van der Waals surface area (Å²) >= 11 is 0. The number of nitrogens with one attached hydrogen (secondary N) is 2. The molecule has 3 aromatic rings. The lowest BCUT2D eigenvalue weighted by molar-refractivity contribution is 0.0949. The number of ether oxygens (including phenoxy) is 2. The number of rotatable bonds is 11. The second-order valence-electron chi connectivity index (χ2n) is 7.66. The number of pyridine rings is 1. The molecule has 0 aliphatic heterocycles. The fourth-order valence-electron chi connectivity index (χ4n) is 3.16. The van der Waals surface area contributed by atoms with Gasteiger partial charge in [0.2, 0.25) is 5.88 Å². The van der Waals surface area contributed by atoms with Crippen molar-refractivity contribution in [2.75, 3.05) is 18.4 Å². The Morgan fingerprint density at radius 3 is 2.56 bits per heavy atom. The van der Waals surface area contributed by atoms with E-state index in [0.29, 0.717) is 29.5 Å². The number of hydrogen-bond acceptors (Lipinski definition) is 6. The smallest absolute Gasteiger partial charge is 0.261 e. The minimum atomic E-state index is -3.89. The lowest BCUT2D eigenvalue weighted by atomic mass is 10.1. The number of nitrogens with zero attached hydrogens (tertiary/aromatic N) is 1. The predicted octanol–water partition coefficient (Wildman–Crippen LogP) is 4.31. The van der Waals surface area contributed by atoms with E-state index in [1.165, 1.54) is 19.2 Å². The number of carbonyl (C=O) groups is 1. The molecule has 34 heavy (non-hydrogen) atoms. The molecule has 0 atom stereocenters. The van der Waals surface area contributed by atoms with Crippen LogP contribution >= 0.6 is 0 Å². The van der Waals surface area contributed by atoms with Crippen molar-refractivity contribution >= 4 is 21.6 Å². The van der Waals surface area contributed by atoms with Crippen molar-refractivity contribution < 1.29 is 22.7 Å². The highest BCUT2D eigenvalue weighted by atomic mass is 32.2. The van der Waals surface area contributed by atoms with Gasteiger partial charge in [-0.1, -0.05) is 25.5 Å². The number of sulfonamides is 1. The fraction of sp³-hybridized carbons (Fsp3) is 0.280. The van der Waals surface area contributed by atoms with Crippen LogP contribution in [0.5, 0.6) is 11.6 Å². The molecule has 8 nitrogen and oxygen atoms in total. The van der Waals surface area contributed by atoms with Gasteiger partial charge >= 0.3 is 0 Å². The van der Waals surface area contributed by atoms with Crippen molar-refractivity contribution in [3.8, 4) is 11.6 Å². The van der Waals surface area contributed by atoms with Gasteiger partial charge < -0.3 is 14.8 Å². The number of aromatic nitrogens is 1. The molecule has 1 amide bonds. The Kier molecular flexibility index (Phi) is 8.48. The Morgan fingerprint density at radius 2 is 1.85 bits per heavy atom. The molecule has 0 saturated carbocycles. The number of anilines is 1. The number of hydrogen-bond donors (Lipinski definition) is 2. The number of methoxy groups -OCH3 is 1. The van der Waals surface area contributed by atoms with Crippen LogP contribution in [0, 0.1) is 6.92 Å². The van der Waals surface area contributed by atoms with Crippen molar-refractivity contribution in [1.82, 2.24) is 10.3 Å². The van der Waals surface area contributed by atoms with Crippen LogP contribution in [0.1, 0.15) is 41.3 Å². The van der Waals surface area contributed by atoms with Gasteiger partial charge in [-0.2, -0.15) is 0 Å². The molecule has 2 aromatic carbocycles. The Bertz CT molecular complexity index is 1230. The van der Waals surface area contributed by atoms with Gasteiger partial charge in [-0.3, -0.25) is 9.52 Å². The minimum absolute atomic E-state index is 0.0102. The molecule has 0 spiro atoms. The molecule has 2 N–H and O–H groups in total. The summed E-state index contributed by atoms with van der Waals surface area (Å²) in [5, 5.41) is 2.84. The van der Waals surface area contributed by atoms with E-state index in [0.717, 1.165) is 18.4 Å². The van der Waals surface area contributed by atoms with Crippen molar-refractivity contribution in [2.24, 2.45) is 0 Å². The third-order valence-electron chi connectivity index (χ3n) is 5.13. The number of carbonyl (C=O) groups excluding carboxylic acids is 1. The van der Waals surface area contributed by atoms with Crippen LogP contribution in [0.2, 0.25) is 0 Å². The molecule has 0 bridgehead atoms. The van der Waals surface area contributed by atoms with Crippen LogP contribution in [0.25, 0.3) is 0 Å². The van der Waals surface area contributed by atoms with Crippen molar-refractivity contribution in [3.05, 3.63) is 77.5 Å². The summed E-state index contributed by atoms with van der Waals surface area (Å²) in [6, 6.07) is 14.6. The Hall–Kier alpha value is -3.59. The van der Waals surface area contributed by atoms with Crippen LogP contribution in [0.3, 0.4) is 0 Å². The Labute approximate surface area is 200 Å². The van der Waals surface area contributed by atoms with Gasteiger partial charge in [-0.15, -0.1) is 0 Å². The first-order chi connectivity index (χ1) is 16.3. The second kappa shape index (κ2) is 11.5. The maximum Gasteiger partial charge on any atom is 0.261 e. The summed E-state index contributed by atoms with van der Waals surface area (Å²) in [7, 11) is -2.36. The first-order valence-corrected chi connectivity index (χ1v) is 12.4. The molecular weight excluding hydrogens is 454 g/mol. The van der Waals surface area contributed by atoms with E-state index in [4.69, 9.17) is 9.47 Å². The van der Waals surface area contributed by atoms with Crippen molar-refractivity contribution in [1.29, 1.82) is 0 Å². The van der Waals surface area contributed by atoms with E-state index in [-0.39, 0.29) is 22.9 Å². The third kappa shape index (κ3) is 6.48. The highest BCUT2D eigenvalue weighted by Crippen LogP contribution is 2.22. The maximum atomic E-state index is 12.9. The average molecular weight is 484 g/mol. The van der Waals surface area contributed by atoms with Gasteiger partial charge in [0.15, 0.2) is 0 Å². The van der Waals surface area contributed by atoms with Gasteiger partial charge in [-0.05, 0) is 61.4 Å². The predicted molar refractivity (Wildman–Crippen MR) is 131 cm³/mol. The van der Waals surface area contributed by atoms with Gasteiger partial charge in [-0.25, -0.2) is 13.4 Å². The van der Waals surface area contributed by atoms with Crippen LogP contribution < -0.4 is 19.5 Å². The molecule has 0 fully saturated rings. The zero-order valence-corrected chi connectivity index (χ0v) is 20.3. The molecule has 180 valence electrons. The quantitative estimate of drug-likeness (QED) is 0.394. The molecule has 0 unspecified atom stereocenters. The van der Waals surface area contributed by atoms with E-state index in [2.05, 4.69) is 21.9 Å². The maximum absolute atomic E-state index is 12.9. The van der Waals surface area contributed by atoms with Gasteiger partial charge in [0.05, 0.1) is 18.6 Å². The van der Waals surface area contributed by atoms with Gasteiger partial charge in [0.1, 0.15) is 5.75 Å². The molecule has 1 aromatic heterocycles. The van der Waals surface area contributed by atoms with Gasteiger partial charge in [0, 0.05) is 29.6 Å². The first kappa shape index (κ1) is 25.0. The summed E-state index contributed by atoms with van der Waals surface area (Å²) in [5.41, 5.74) is 2.07. The van der Waals surface area contributed by atoms with E-state index in [1.807, 2.05) is 6.07 Å². The van der Waals surface area contributed by atoms with Crippen LogP contribution in [-0.4, -0.2) is 33.0 Å². The molecular formula is C25H29N3O5S.